The van der Waals surface area contributed by atoms with Gasteiger partial charge in [0.15, 0.2) is 0 Å². The van der Waals surface area contributed by atoms with Crippen LogP contribution < -0.4 is 0 Å². The number of fused-ring (bicyclic) bond motifs is 1. The van der Waals surface area contributed by atoms with E-state index in [9.17, 15) is 9.90 Å². The van der Waals surface area contributed by atoms with E-state index in [1.807, 2.05) is 18.2 Å². The van der Waals surface area contributed by atoms with E-state index in [0.29, 0.717) is 5.58 Å². The first-order valence-electron chi connectivity index (χ1n) is 6.16. The third-order valence-corrected chi connectivity index (χ3v) is 2.91. The third kappa shape index (κ3) is 2.49. The fourth-order valence-corrected chi connectivity index (χ4v) is 1.95. The second-order valence-electron chi connectivity index (χ2n) is 4.39. The zero-order chi connectivity index (χ0) is 13.9. The standard InChI is InChI=1S/C16H12O4/c17-13-6-3-4-11(8-13)10-19-16(18)15-9-12-5-1-2-7-14(12)20-15/h1-9,17H,10H2. The van der Waals surface area contributed by atoms with Gasteiger partial charge in [-0.1, -0.05) is 30.3 Å². The van der Waals surface area contributed by atoms with Crippen molar-refractivity contribution < 1.29 is 19.1 Å². The van der Waals surface area contributed by atoms with Crippen LogP contribution in [0.5, 0.6) is 5.75 Å². The van der Waals surface area contributed by atoms with Gasteiger partial charge in [-0.3, -0.25) is 0 Å². The predicted molar refractivity (Wildman–Crippen MR) is 73.4 cm³/mol. The molecule has 3 aromatic rings. The monoisotopic (exact) mass is 268 g/mol. The number of phenols is 1. The fraction of sp³-hybridized carbons (Fsp3) is 0.0625. The van der Waals surface area contributed by atoms with Gasteiger partial charge in [-0.05, 0) is 29.8 Å². The van der Waals surface area contributed by atoms with Crippen LogP contribution in [0.2, 0.25) is 0 Å². The third-order valence-electron chi connectivity index (χ3n) is 2.91. The molecular weight excluding hydrogens is 256 g/mol. The minimum atomic E-state index is -0.524. The molecule has 0 saturated heterocycles. The van der Waals surface area contributed by atoms with E-state index in [0.717, 1.165) is 10.9 Å². The lowest BCUT2D eigenvalue weighted by Gasteiger charge is -2.03. The second-order valence-corrected chi connectivity index (χ2v) is 4.39. The molecule has 0 amide bonds. The normalized spacial score (nSPS) is 10.6. The highest BCUT2D eigenvalue weighted by Gasteiger charge is 2.13. The summed E-state index contributed by atoms with van der Waals surface area (Å²) in [6.07, 6.45) is 0. The van der Waals surface area contributed by atoms with Gasteiger partial charge in [0.05, 0.1) is 0 Å². The lowest BCUT2D eigenvalue weighted by Crippen LogP contribution is -2.03. The minimum absolute atomic E-state index is 0.0876. The fourth-order valence-electron chi connectivity index (χ4n) is 1.95. The van der Waals surface area contributed by atoms with Gasteiger partial charge in [0.2, 0.25) is 5.76 Å². The lowest BCUT2D eigenvalue weighted by atomic mass is 10.2. The van der Waals surface area contributed by atoms with Crippen molar-refractivity contribution in [3.8, 4) is 5.75 Å². The highest BCUT2D eigenvalue weighted by molar-refractivity contribution is 5.92. The minimum Gasteiger partial charge on any atom is -0.508 e. The predicted octanol–water partition coefficient (Wildman–Crippen LogP) is 3.50. The number of rotatable bonds is 3. The Bertz CT molecular complexity index is 725. The summed E-state index contributed by atoms with van der Waals surface area (Å²) in [5, 5.41) is 10.2. The number of ether oxygens (including phenoxy) is 1. The van der Waals surface area contributed by atoms with Gasteiger partial charge in [0, 0.05) is 5.39 Å². The number of carbonyl (C=O) groups excluding carboxylic acids is 1. The maximum absolute atomic E-state index is 11.9. The van der Waals surface area contributed by atoms with E-state index in [2.05, 4.69) is 0 Å². The summed E-state index contributed by atoms with van der Waals surface area (Å²) in [6, 6.07) is 15.6. The van der Waals surface area contributed by atoms with Crippen molar-refractivity contribution in [1.82, 2.24) is 0 Å². The van der Waals surface area contributed by atoms with E-state index in [1.165, 1.54) is 0 Å². The van der Waals surface area contributed by atoms with Gasteiger partial charge < -0.3 is 14.3 Å². The molecule has 0 aliphatic rings. The highest BCUT2D eigenvalue weighted by Crippen LogP contribution is 2.20. The first-order valence-corrected chi connectivity index (χ1v) is 6.16. The molecule has 0 aliphatic heterocycles. The average molecular weight is 268 g/mol. The number of para-hydroxylation sites is 1. The molecule has 0 spiro atoms. The highest BCUT2D eigenvalue weighted by atomic mass is 16.5. The number of hydrogen-bond acceptors (Lipinski definition) is 4. The molecule has 4 nitrogen and oxygen atoms in total. The number of aromatic hydroxyl groups is 1. The summed E-state index contributed by atoms with van der Waals surface area (Å²) >= 11 is 0. The Labute approximate surface area is 115 Å². The molecule has 0 aliphatic carbocycles. The summed E-state index contributed by atoms with van der Waals surface area (Å²) in [5.74, 6) is -0.210. The maximum Gasteiger partial charge on any atom is 0.374 e. The summed E-state index contributed by atoms with van der Waals surface area (Å²) in [5.41, 5.74) is 1.37. The molecule has 2 aromatic carbocycles. The summed E-state index contributed by atoms with van der Waals surface area (Å²) < 4.78 is 10.6. The van der Waals surface area contributed by atoms with Crippen LogP contribution in [0.25, 0.3) is 11.0 Å². The van der Waals surface area contributed by atoms with E-state index >= 15 is 0 Å². The number of phenolic OH excluding ortho intramolecular Hbond substituents is 1. The Hall–Kier alpha value is -2.75. The van der Waals surface area contributed by atoms with Gasteiger partial charge in [-0.15, -0.1) is 0 Å². The molecule has 100 valence electrons. The molecule has 0 saturated carbocycles. The first-order chi connectivity index (χ1) is 9.72. The number of furan rings is 1. The molecule has 1 heterocycles. The summed E-state index contributed by atoms with van der Waals surface area (Å²) in [7, 11) is 0. The van der Waals surface area contributed by atoms with Crippen molar-refractivity contribution in [2.75, 3.05) is 0 Å². The van der Waals surface area contributed by atoms with Crippen molar-refractivity contribution in [2.45, 2.75) is 6.61 Å². The number of hydrogen-bond donors (Lipinski definition) is 1. The molecular formula is C16H12O4. The Morgan fingerprint density at radius 2 is 1.95 bits per heavy atom. The van der Waals surface area contributed by atoms with Gasteiger partial charge >= 0.3 is 5.97 Å². The van der Waals surface area contributed by atoms with Gasteiger partial charge in [-0.2, -0.15) is 0 Å². The molecule has 1 aromatic heterocycles. The van der Waals surface area contributed by atoms with Crippen LogP contribution in [0.15, 0.2) is 59.0 Å². The van der Waals surface area contributed by atoms with Crippen molar-refractivity contribution in [3.63, 3.8) is 0 Å². The van der Waals surface area contributed by atoms with Crippen LogP contribution >= 0.6 is 0 Å². The van der Waals surface area contributed by atoms with E-state index in [4.69, 9.17) is 9.15 Å². The Morgan fingerprint density at radius 3 is 2.75 bits per heavy atom. The zero-order valence-electron chi connectivity index (χ0n) is 10.6. The second kappa shape index (κ2) is 5.09. The summed E-state index contributed by atoms with van der Waals surface area (Å²) in [4.78, 5) is 11.9. The van der Waals surface area contributed by atoms with Gasteiger partial charge in [0.1, 0.15) is 17.9 Å². The Kier molecular flexibility index (Phi) is 3.13. The average Bonchev–Trinajstić information content (AvgIpc) is 2.89. The molecule has 4 heteroatoms. The first kappa shape index (κ1) is 12.3. The topological polar surface area (TPSA) is 59.7 Å². The molecule has 0 bridgehead atoms. The van der Waals surface area contributed by atoms with Gasteiger partial charge in [-0.25, -0.2) is 4.79 Å². The molecule has 0 radical (unpaired) electrons. The van der Waals surface area contributed by atoms with Crippen LogP contribution in [-0.4, -0.2) is 11.1 Å². The molecule has 0 atom stereocenters. The summed E-state index contributed by atoms with van der Waals surface area (Å²) in [6.45, 7) is 0.0876. The quantitative estimate of drug-likeness (QED) is 0.738. The molecule has 1 N–H and O–H groups in total. The van der Waals surface area contributed by atoms with Crippen LogP contribution in [0.1, 0.15) is 16.1 Å². The maximum atomic E-state index is 11.9. The smallest absolute Gasteiger partial charge is 0.374 e. The number of benzene rings is 2. The van der Waals surface area contributed by atoms with Crippen molar-refractivity contribution in [2.24, 2.45) is 0 Å². The molecule has 3 rings (SSSR count). The SMILES string of the molecule is O=C(OCc1cccc(O)c1)c1cc2ccccc2o1. The van der Waals surface area contributed by atoms with Crippen molar-refractivity contribution in [1.29, 1.82) is 0 Å². The van der Waals surface area contributed by atoms with Crippen LogP contribution in [0.3, 0.4) is 0 Å². The molecule has 0 fully saturated rings. The lowest BCUT2D eigenvalue weighted by molar-refractivity contribution is 0.0438. The van der Waals surface area contributed by atoms with Crippen LogP contribution in [-0.2, 0) is 11.3 Å². The van der Waals surface area contributed by atoms with Crippen LogP contribution in [0.4, 0.5) is 0 Å². The number of esters is 1. The molecule has 0 unspecified atom stereocenters. The van der Waals surface area contributed by atoms with Crippen molar-refractivity contribution >= 4 is 16.9 Å². The number of carbonyl (C=O) groups is 1. The van der Waals surface area contributed by atoms with Crippen molar-refractivity contribution in [3.05, 3.63) is 65.9 Å². The van der Waals surface area contributed by atoms with Crippen LogP contribution in [0, 0.1) is 0 Å². The van der Waals surface area contributed by atoms with Gasteiger partial charge in [0.25, 0.3) is 0 Å². The zero-order valence-corrected chi connectivity index (χ0v) is 10.6. The van der Waals surface area contributed by atoms with E-state index in [1.54, 1.807) is 36.4 Å². The molecule has 20 heavy (non-hydrogen) atoms. The largest absolute Gasteiger partial charge is 0.508 e. The van der Waals surface area contributed by atoms with E-state index in [-0.39, 0.29) is 18.1 Å². The van der Waals surface area contributed by atoms with E-state index < -0.39 is 5.97 Å². The Balaban J connectivity index is 1.73. The Morgan fingerprint density at radius 1 is 1.10 bits per heavy atom.